The number of aromatic nitrogens is 1. The van der Waals surface area contributed by atoms with Crippen LogP contribution in [-0.2, 0) is 18.3 Å². The maximum absolute atomic E-state index is 12.4. The summed E-state index contributed by atoms with van der Waals surface area (Å²) in [5.41, 5.74) is 2.00. The lowest BCUT2D eigenvalue weighted by Gasteiger charge is -2.24. The first-order chi connectivity index (χ1) is 13.0. The Morgan fingerprint density at radius 2 is 2.07 bits per heavy atom. The van der Waals surface area contributed by atoms with E-state index >= 15 is 0 Å². The molecular weight excluding hydrogens is 342 g/mol. The average Bonchev–Trinajstić information content (AvgIpc) is 2.88. The number of nitrogens with one attached hydrogen (secondary N) is 1. The monoisotopic (exact) mass is 369 g/mol. The normalized spacial score (nSPS) is 18.1. The molecule has 1 saturated heterocycles. The summed E-state index contributed by atoms with van der Waals surface area (Å²) in [4.78, 5) is 26.9. The summed E-state index contributed by atoms with van der Waals surface area (Å²) in [6.07, 6.45) is 2.47. The number of hydrogen-bond donors (Lipinski definition) is 1. The minimum absolute atomic E-state index is 0.0885. The van der Waals surface area contributed by atoms with E-state index in [0.717, 1.165) is 31.7 Å². The highest BCUT2D eigenvalue weighted by Crippen LogP contribution is 2.10. The zero-order chi connectivity index (χ0) is 19.2. The molecule has 3 rings (SSSR count). The number of hydrogen-bond acceptors (Lipinski definition) is 4. The molecule has 0 bridgehead atoms. The number of amides is 1. The molecule has 1 amide bonds. The van der Waals surface area contributed by atoms with Crippen LogP contribution in [0, 0.1) is 6.92 Å². The largest absolute Gasteiger partial charge is 0.375 e. The minimum Gasteiger partial charge on any atom is -0.375 e. The summed E-state index contributed by atoms with van der Waals surface area (Å²) in [5.74, 6) is -0.349. The summed E-state index contributed by atoms with van der Waals surface area (Å²) in [6, 6.07) is 11.8. The molecule has 6 nitrogen and oxygen atoms in total. The Morgan fingerprint density at radius 3 is 2.85 bits per heavy atom. The summed E-state index contributed by atoms with van der Waals surface area (Å²) in [5, 5.41) is 2.86. The van der Waals surface area contributed by atoms with Crippen molar-refractivity contribution in [3.63, 3.8) is 0 Å². The van der Waals surface area contributed by atoms with Gasteiger partial charge in [0.15, 0.2) is 5.43 Å². The molecule has 1 atom stereocenters. The van der Waals surface area contributed by atoms with E-state index in [2.05, 4.69) is 22.3 Å². The van der Waals surface area contributed by atoms with Crippen molar-refractivity contribution >= 4 is 5.91 Å². The number of aryl methyl sites for hydroxylation is 2. The fourth-order valence-corrected chi connectivity index (χ4v) is 3.28. The first kappa shape index (κ1) is 19.3. The smallest absolute Gasteiger partial charge is 0.256 e. The van der Waals surface area contributed by atoms with Gasteiger partial charge in [0.25, 0.3) is 5.91 Å². The average molecular weight is 369 g/mol. The third-order valence-corrected chi connectivity index (χ3v) is 4.90. The Morgan fingerprint density at radius 1 is 1.30 bits per heavy atom. The fourth-order valence-electron chi connectivity index (χ4n) is 3.28. The molecule has 27 heavy (non-hydrogen) atoms. The Labute approximate surface area is 159 Å². The van der Waals surface area contributed by atoms with E-state index in [1.165, 1.54) is 11.6 Å². The molecule has 0 unspecified atom stereocenters. The Balaban J connectivity index is 1.58. The first-order valence-electron chi connectivity index (χ1n) is 9.36. The van der Waals surface area contributed by atoms with Crippen molar-refractivity contribution < 1.29 is 9.53 Å². The quantitative estimate of drug-likeness (QED) is 0.872. The second kappa shape index (κ2) is 8.97. The standard InChI is InChI=1S/C21H27N3O3/c1-16-11-20(25)19(15-23(16)2)21(26)22-12-18-14-24(9-6-10-27-18)13-17-7-4-3-5-8-17/h3-5,7-8,11,15,18H,6,9-10,12-14H2,1-2H3,(H,22,26)/t18-/m1/s1. The maximum atomic E-state index is 12.4. The summed E-state index contributed by atoms with van der Waals surface area (Å²) in [6.45, 7) is 5.50. The molecule has 2 heterocycles. The molecule has 1 aromatic carbocycles. The Hall–Kier alpha value is -2.44. The predicted octanol–water partition coefficient (Wildman–Crippen LogP) is 1.71. The summed E-state index contributed by atoms with van der Waals surface area (Å²) >= 11 is 0. The minimum atomic E-state index is -0.349. The van der Waals surface area contributed by atoms with Crippen LogP contribution in [0.5, 0.6) is 0 Å². The van der Waals surface area contributed by atoms with E-state index in [4.69, 9.17) is 4.74 Å². The van der Waals surface area contributed by atoms with Crippen LogP contribution in [0.4, 0.5) is 0 Å². The van der Waals surface area contributed by atoms with Gasteiger partial charge in [-0.25, -0.2) is 0 Å². The van der Waals surface area contributed by atoms with E-state index in [1.807, 2.05) is 32.2 Å². The Kier molecular flexibility index (Phi) is 6.42. The molecule has 0 radical (unpaired) electrons. The molecule has 0 spiro atoms. The van der Waals surface area contributed by atoms with E-state index < -0.39 is 0 Å². The van der Waals surface area contributed by atoms with Crippen molar-refractivity contribution in [2.24, 2.45) is 7.05 Å². The first-order valence-corrected chi connectivity index (χ1v) is 9.36. The zero-order valence-electron chi connectivity index (χ0n) is 16.0. The van der Waals surface area contributed by atoms with Crippen molar-refractivity contribution in [2.75, 3.05) is 26.2 Å². The molecule has 1 N–H and O–H groups in total. The van der Waals surface area contributed by atoms with Crippen LogP contribution in [-0.4, -0.2) is 47.7 Å². The molecule has 2 aromatic rings. The van der Waals surface area contributed by atoms with Crippen LogP contribution in [0.3, 0.4) is 0 Å². The van der Waals surface area contributed by atoms with Crippen LogP contribution in [0.25, 0.3) is 0 Å². The maximum Gasteiger partial charge on any atom is 0.256 e. The number of carbonyl (C=O) groups excluding carboxylic acids is 1. The van der Waals surface area contributed by atoms with E-state index in [9.17, 15) is 9.59 Å². The molecular formula is C21H27N3O3. The second-order valence-electron chi connectivity index (χ2n) is 7.08. The van der Waals surface area contributed by atoms with Gasteiger partial charge in [0.1, 0.15) is 5.56 Å². The van der Waals surface area contributed by atoms with Crippen LogP contribution in [0.15, 0.2) is 47.4 Å². The highest BCUT2D eigenvalue weighted by atomic mass is 16.5. The summed E-state index contributed by atoms with van der Waals surface area (Å²) in [7, 11) is 1.82. The lowest BCUT2D eigenvalue weighted by molar-refractivity contribution is 0.0510. The van der Waals surface area contributed by atoms with Gasteiger partial charge in [0.2, 0.25) is 0 Å². The van der Waals surface area contributed by atoms with Gasteiger partial charge in [0, 0.05) is 57.8 Å². The van der Waals surface area contributed by atoms with Gasteiger partial charge in [-0.15, -0.1) is 0 Å². The number of ether oxygens (including phenoxy) is 1. The second-order valence-corrected chi connectivity index (χ2v) is 7.08. The fraction of sp³-hybridized carbons (Fsp3) is 0.429. The van der Waals surface area contributed by atoms with Crippen molar-refractivity contribution in [1.82, 2.24) is 14.8 Å². The molecule has 0 aliphatic carbocycles. The molecule has 6 heteroatoms. The van der Waals surface area contributed by atoms with Gasteiger partial charge in [0.05, 0.1) is 6.10 Å². The zero-order valence-corrected chi connectivity index (χ0v) is 16.0. The van der Waals surface area contributed by atoms with Crippen molar-refractivity contribution in [1.29, 1.82) is 0 Å². The molecule has 1 aromatic heterocycles. The molecule has 144 valence electrons. The van der Waals surface area contributed by atoms with E-state index in [1.54, 1.807) is 10.8 Å². The van der Waals surface area contributed by atoms with Gasteiger partial charge >= 0.3 is 0 Å². The summed E-state index contributed by atoms with van der Waals surface area (Å²) < 4.78 is 7.67. The SMILES string of the molecule is Cc1cc(=O)c(C(=O)NC[C@@H]2CN(Cc3ccccc3)CCCO2)cn1C. The number of carbonyl (C=O) groups is 1. The highest BCUT2D eigenvalue weighted by molar-refractivity contribution is 5.93. The number of pyridine rings is 1. The Bertz CT molecular complexity index is 832. The number of benzene rings is 1. The predicted molar refractivity (Wildman–Crippen MR) is 105 cm³/mol. The van der Waals surface area contributed by atoms with Crippen molar-refractivity contribution in [2.45, 2.75) is 26.0 Å². The number of rotatable bonds is 5. The third-order valence-electron chi connectivity index (χ3n) is 4.90. The molecule has 0 saturated carbocycles. The van der Waals surface area contributed by atoms with Crippen molar-refractivity contribution in [3.8, 4) is 0 Å². The van der Waals surface area contributed by atoms with Crippen LogP contribution in [0.1, 0.15) is 28.0 Å². The van der Waals surface area contributed by atoms with Crippen LogP contribution < -0.4 is 10.7 Å². The third kappa shape index (κ3) is 5.28. The van der Waals surface area contributed by atoms with E-state index in [0.29, 0.717) is 13.2 Å². The van der Waals surface area contributed by atoms with Gasteiger partial charge in [-0.3, -0.25) is 14.5 Å². The molecule has 1 fully saturated rings. The lowest BCUT2D eigenvalue weighted by atomic mass is 10.2. The van der Waals surface area contributed by atoms with Crippen molar-refractivity contribution in [3.05, 3.63) is 69.6 Å². The van der Waals surface area contributed by atoms with Crippen LogP contribution in [0.2, 0.25) is 0 Å². The lowest BCUT2D eigenvalue weighted by Crippen LogP contribution is -2.41. The van der Waals surface area contributed by atoms with Gasteiger partial charge in [-0.05, 0) is 18.9 Å². The molecule has 1 aliphatic rings. The topological polar surface area (TPSA) is 63.6 Å². The van der Waals surface area contributed by atoms with Gasteiger partial charge in [-0.1, -0.05) is 30.3 Å². The molecule has 1 aliphatic heterocycles. The number of nitrogens with zero attached hydrogens (tertiary/aromatic N) is 2. The highest BCUT2D eigenvalue weighted by Gasteiger charge is 2.20. The van der Waals surface area contributed by atoms with Gasteiger partial charge in [-0.2, -0.15) is 0 Å². The van der Waals surface area contributed by atoms with E-state index in [-0.39, 0.29) is 23.0 Å². The van der Waals surface area contributed by atoms with Crippen LogP contribution >= 0.6 is 0 Å². The van der Waals surface area contributed by atoms with Gasteiger partial charge < -0.3 is 14.6 Å².